The van der Waals surface area contributed by atoms with Crippen LogP contribution in [0.3, 0.4) is 0 Å². The smallest absolute Gasteiger partial charge is 0.240 e. The predicted molar refractivity (Wildman–Crippen MR) is 84.0 cm³/mol. The number of amides is 1. The van der Waals surface area contributed by atoms with Crippen molar-refractivity contribution in [2.45, 2.75) is 18.2 Å². The molecule has 2 aromatic rings. The van der Waals surface area contributed by atoms with Gasteiger partial charge in [-0.25, -0.2) is 13.1 Å². The molecule has 112 valence electrons. The van der Waals surface area contributed by atoms with E-state index in [2.05, 4.69) is 10.0 Å². The van der Waals surface area contributed by atoms with Crippen LogP contribution in [0, 0.1) is 0 Å². The number of carbonyl (C=O) groups excluding carboxylic acids is 1. The van der Waals surface area contributed by atoms with Gasteiger partial charge >= 0.3 is 0 Å². The van der Waals surface area contributed by atoms with E-state index in [1.54, 1.807) is 19.1 Å². The van der Waals surface area contributed by atoms with Gasteiger partial charge < -0.3 is 5.32 Å². The monoisotopic (exact) mass is 324 g/mol. The van der Waals surface area contributed by atoms with Crippen LogP contribution in [0.1, 0.15) is 11.8 Å². The standard InChI is InChI=1S/C14H16N2O3S2/c1-2-15-21(18,19)13-7-5-11(6-8-13)16-14(17)10-12-4-3-9-20-12/h3-9,15H,2,10H2,1H3,(H,16,17). The van der Waals surface area contributed by atoms with Crippen LogP contribution in [-0.4, -0.2) is 20.9 Å². The summed E-state index contributed by atoms with van der Waals surface area (Å²) in [5.41, 5.74) is 0.576. The molecule has 0 spiro atoms. The van der Waals surface area contributed by atoms with E-state index in [-0.39, 0.29) is 10.8 Å². The maximum absolute atomic E-state index is 11.8. The summed E-state index contributed by atoms with van der Waals surface area (Å²) in [7, 11) is -3.46. The highest BCUT2D eigenvalue weighted by Crippen LogP contribution is 2.15. The highest BCUT2D eigenvalue weighted by Gasteiger charge is 2.12. The minimum atomic E-state index is -3.46. The van der Waals surface area contributed by atoms with Gasteiger partial charge in [0.25, 0.3) is 0 Å². The van der Waals surface area contributed by atoms with Crippen molar-refractivity contribution in [1.82, 2.24) is 4.72 Å². The van der Waals surface area contributed by atoms with Gasteiger partial charge in [0.1, 0.15) is 0 Å². The van der Waals surface area contributed by atoms with Crippen LogP contribution in [-0.2, 0) is 21.2 Å². The fourth-order valence-electron chi connectivity index (χ4n) is 1.77. The first-order chi connectivity index (χ1) is 10.0. The maximum Gasteiger partial charge on any atom is 0.240 e. The Morgan fingerprint density at radius 2 is 1.90 bits per heavy atom. The molecule has 0 fully saturated rings. The molecule has 2 rings (SSSR count). The number of hydrogen-bond donors (Lipinski definition) is 2. The minimum absolute atomic E-state index is 0.125. The van der Waals surface area contributed by atoms with Crippen LogP contribution in [0.2, 0.25) is 0 Å². The van der Waals surface area contributed by atoms with Crippen molar-refractivity contribution in [2.75, 3.05) is 11.9 Å². The summed E-state index contributed by atoms with van der Waals surface area (Å²) in [6.45, 7) is 2.05. The number of thiophene rings is 1. The Morgan fingerprint density at radius 1 is 1.19 bits per heavy atom. The highest BCUT2D eigenvalue weighted by molar-refractivity contribution is 7.89. The Hall–Kier alpha value is -1.70. The van der Waals surface area contributed by atoms with Gasteiger partial charge in [0.05, 0.1) is 11.3 Å². The van der Waals surface area contributed by atoms with Crippen LogP contribution in [0.5, 0.6) is 0 Å². The lowest BCUT2D eigenvalue weighted by Gasteiger charge is -2.07. The quantitative estimate of drug-likeness (QED) is 0.855. The maximum atomic E-state index is 11.8. The van der Waals surface area contributed by atoms with E-state index in [1.165, 1.54) is 23.5 Å². The number of rotatable bonds is 6. The highest BCUT2D eigenvalue weighted by atomic mass is 32.2. The second-order valence-electron chi connectivity index (χ2n) is 4.33. The molecule has 0 unspecified atom stereocenters. The molecule has 0 aliphatic heterocycles. The van der Waals surface area contributed by atoms with Gasteiger partial charge in [0.15, 0.2) is 0 Å². The lowest BCUT2D eigenvalue weighted by molar-refractivity contribution is -0.115. The molecular weight excluding hydrogens is 308 g/mol. The number of hydrogen-bond acceptors (Lipinski definition) is 4. The predicted octanol–water partition coefficient (Wildman–Crippen LogP) is 2.23. The summed E-state index contributed by atoms with van der Waals surface area (Å²) < 4.78 is 26.0. The summed E-state index contributed by atoms with van der Waals surface area (Å²) in [6, 6.07) is 9.90. The second kappa shape index (κ2) is 6.84. The van der Waals surface area contributed by atoms with Gasteiger partial charge in [-0.3, -0.25) is 4.79 Å². The molecule has 0 aliphatic carbocycles. The van der Waals surface area contributed by atoms with Gasteiger partial charge in [0, 0.05) is 17.1 Å². The van der Waals surface area contributed by atoms with E-state index >= 15 is 0 Å². The van der Waals surface area contributed by atoms with E-state index in [0.29, 0.717) is 18.7 Å². The minimum Gasteiger partial charge on any atom is -0.326 e. The Kier molecular flexibility index (Phi) is 5.11. The van der Waals surface area contributed by atoms with E-state index in [4.69, 9.17) is 0 Å². The SMILES string of the molecule is CCNS(=O)(=O)c1ccc(NC(=O)Cc2cccs2)cc1. The van der Waals surface area contributed by atoms with Crippen molar-refractivity contribution in [2.24, 2.45) is 0 Å². The third-order valence-corrected chi connectivity index (χ3v) is 5.14. The Bertz CT molecular complexity index is 692. The van der Waals surface area contributed by atoms with Gasteiger partial charge in [-0.05, 0) is 35.7 Å². The first-order valence-electron chi connectivity index (χ1n) is 6.43. The average Bonchev–Trinajstić information content (AvgIpc) is 2.92. The normalized spacial score (nSPS) is 11.3. The molecule has 2 N–H and O–H groups in total. The molecule has 0 saturated heterocycles. The van der Waals surface area contributed by atoms with E-state index in [1.807, 2.05) is 17.5 Å². The number of nitrogens with one attached hydrogen (secondary N) is 2. The first-order valence-corrected chi connectivity index (χ1v) is 8.79. The van der Waals surface area contributed by atoms with Gasteiger partial charge in [0.2, 0.25) is 15.9 Å². The van der Waals surface area contributed by atoms with Crippen LogP contribution < -0.4 is 10.0 Å². The third kappa shape index (κ3) is 4.38. The molecular formula is C14H16N2O3S2. The fraction of sp³-hybridized carbons (Fsp3) is 0.214. The molecule has 0 saturated carbocycles. The van der Waals surface area contributed by atoms with Crippen LogP contribution >= 0.6 is 11.3 Å². The number of sulfonamides is 1. The molecule has 1 heterocycles. The summed E-state index contributed by atoms with van der Waals surface area (Å²) in [5.74, 6) is -0.125. The number of benzene rings is 1. The van der Waals surface area contributed by atoms with E-state index in [9.17, 15) is 13.2 Å². The van der Waals surface area contributed by atoms with E-state index in [0.717, 1.165) is 4.88 Å². The number of carbonyl (C=O) groups is 1. The average molecular weight is 324 g/mol. The Labute approximate surface area is 128 Å². The second-order valence-corrected chi connectivity index (χ2v) is 7.13. The lowest BCUT2D eigenvalue weighted by Crippen LogP contribution is -2.23. The topological polar surface area (TPSA) is 75.3 Å². The molecule has 21 heavy (non-hydrogen) atoms. The summed E-state index contributed by atoms with van der Waals surface area (Å²) in [4.78, 5) is 13.0. The van der Waals surface area contributed by atoms with Gasteiger partial charge in [-0.1, -0.05) is 13.0 Å². The molecule has 0 aliphatic rings. The molecule has 5 nitrogen and oxygen atoms in total. The first kappa shape index (κ1) is 15.7. The zero-order valence-corrected chi connectivity index (χ0v) is 13.1. The fourth-order valence-corrected chi connectivity index (χ4v) is 3.51. The summed E-state index contributed by atoms with van der Waals surface area (Å²) in [5, 5.41) is 4.66. The molecule has 0 radical (unpaired) electrons. The summed E-state index contributed by atoms with van der Waals surface area (Å²) in [6.07, 6.45) is 0.315. The molecule has 1 aromatic heterocycles. The molecule has 0 bridgehead atoms. The van der Waals surface area contributed by atoms with Crippen molar-refractivity contribution in [3.05, 3.63) is 46.7 Å². The van der Waals surface area contributed by atoms with Crippen molar-refractivity contribution in [3.63, 3.8) is 0 Å². The Morgan fingerprint density at radius 3 is 2.48 bits per heavy atom. The van der Waals surface area contributed by atoms with Gasteiger partial charge in [-0.15, -0.1) is 11.3 Å². The van der Waals surface area contributed by atoms with Crippen LogP contribution in [0.15, 0.2) is 46.7 Å². The number of anilines is 1. The molecule has 1 amide bonds. The van der Waals surface area contributed by atoms with Crippen molar-refractivity contribution in [3.8, 4) is 0 Å². The van der Waals surface area contributed by atoms with Crippen LogP contribution in [0.25, 0.3) is 0 Å². The van der Waals surface area contributed by atoms with Crippen molar-refractivity contribution < 1.29 is 13.2 Å². The van der Waals surface area contributed by atoms with E-state index < -0.39 is 10.0 Å². The third-order valence-electron chi connectivity index (χ3n) is 2.70. The molecule has 1 aromatic carbocycles. The largest absolute Gasteiger partial charge is 0.326 e. The summed E-state index contributed by atoms with van der Waals surface area (Å²) >= 11 is 1.52. The van der Waals surface area contributed by atoms with Crippen molar-refractivity contribution in [1.29, 1.82) is 0 Å². The lowest BCUT2D eigenvalue weighted by atomic mass is 10.3. The van der Waals surface area contributed by atoms with Crippen molar-refractivity contribution >= 4 is 33.0 Å². The zero-order valence-electron chi connectivity index (χ0n) is 11.5. The molecule has 7 heteroatoms. The zero-order chi connectivity index (χ0) is 15.3. The van der Waals surface area contributed by atoms with Crippen LogP contribution in [0.4, 0.5) is 5.69 Å². The molecule has 0 atom stereocenters. The van der Waals surface area contributed by atoms with Gasteiger partial charge in [-0.2, -0.15) is 0 Å². The Balaban J connectivity index is 2.01.